The van der Waals surface area contributed by atoms with Gasteiger partial charge in [-0.05, 0) is 150 Å². The third kappa shape index (κ3) is 4.62. The summed E-state index contributed by atoms with van der Waals surface area (Å²) in [4.78, 5) is 52.4. The van der Waals surface area contributed by atoms with Crippen LogP contribution in [0, 0.1) is 0 Å². The lowest BCUT2D eigenvalue weighted by molar-refractivity contribution is 0.609. The number of benzene rings is 6. The van der Waals surface area contributed by atoms with Gasteiger partial charge in [-0.3, -0.25) is 28.3 Å². The Labute approximate surface area is 285 Å². The lowest BCUT2D eigenvalue weighted by Crippen LogP contribution is -2.25. The molecule has 2 heterocycles. The van der Waals surface area contributed by atoms with Crippen molar-refractivity contribution in [2.45, 2.75) is 52.6 Å². The zero-order valence-electron chi connectivity index (χ0n) is 28.0. The van der Waals surface area contributed by atoms with E-state index in [0.29, 0.717) is 34.6 Å². The Morgan fingerprint density at radius 2 is 0.560 bits per heavy atom. The van der Waals surface area contributed by atoms with E-state index >= 15 is 0 Å². The Balaban J connectivity index is 1.19. The fourth-order valence-electron chi connectivity index (χ4n) is 7.72. The van der Waals surface area contributed by atoms with Gasteiger partial charge < -0.3 is 0 Å². The lowest BCUT2D eigenvalue weighted by Gasteiger charge is -2.07. The van der Waals surface area contributed by atoms with E-state index in [0.717, 1.165) is 90.3 Å². The van der Waals surface area contributed by atoms with E-state index in [9.17, 15) is 19.2 Å². The molecule has 0 radical (unpaired) electrons. The van der Waals surface area contributed by atoms with Gasteiger partial charge in [0.15, 0.2) is 0 Å². The van der Waals surface area contributed by atoms with E-state index in [1.54, 1.807) is 0 Å². The highest BCUT2D eigenvalue weighted by molar-refractivity contribution is 6.10. The molecule has 0 saturated heterocycles. The molecule has 50 heavy (non-hydrogen) atoms. The molecule has 0 aliphatic heterocycles. The van der Waals surface area contributed by atoms with Gasteiger partial charge in [-0.2, -0.15) is 0 Å². The van der Waals surface area contributed by atoms with Gasteiger partial charge in [0.1, 0.15) is 0 Å². The maximum Gasteiger partial charge on any atom is 0.261 e. The van der Waals surface area contributed by atoms with E-state index in [4.69, 9.17) is 0 Å². The predicted octanol–water partition coefficient (Wildman–Crippen LogP) is 8.99. The third-order valence-electron chi connectivity index (χ3n) is 10.5. The molecule has 0 bridgehead atoms. The molecular weight excluding hydrogens is 620 g/mol. The molecular formula is C44H34N2O4. The summed E-state index contributed by atoms with van der Waals surface area (Å²) in [5, 5.41) is 14.3. The van der Waals surface area contributed by atoms with Gasteiger partial charge in [-0.1, -0.05) is 51.0 Å². The maximum atomic E-state index is 13.1. The van der Waals surface area contributed by atoms with Gasteiger partial charge >= 0.3 is 0 Å². The Morgan fingerprint density at radius 1 is 0.340 bits per heavy atom. The summed E-state index contributed by atoms with van der Waals surface area (Å²) in [5.74, 6) is 0. The normalized spacial score (nSPS) is 12.2. The second kappa shape index (κ2) is 11.3. The summed E-state index contributed by atoms with van der Waals surface area (Å²) in [6.07, 6.45) is 3.42. The minimum atomic E-state index is -0.201. The molecule has 0 spiro atoms. The van der Waals surface area contributed by atoms with Crippen LogP contribution < -0.4 is 22.2 Å². The predicted molar refractivity (Wildman–Crippen MR) is 209 cm³/mol. The molecule has 244 valence electrons. The first-order chi connectivity index (χ1) is 24.3. The highest BCUT2D eigenvalue weighted by atomic mass is 16.2. The molecule has 7 aromatic carbocycles. The summed E-state index contributed by atoms with van der Waals surface area (Å²) >= 11 is 0. The van der Waals surface area contributed by atoms with Crippen molar-refractivity contribution in [1.29, 1.82) is 0 Å². The van der Waals surface area contributed by atoms with E-state index in [-0.39, 0.29) is 22.2 Å². The standard InChI is InChI=1S/C44H34N2O4/c1-3-5-11-45-41(47)37-21-33-17-29-13-25-7-9-27-15-31-19-35-23-39-40(44(50)46(43(39)49)12-6-4-2)24-36(35)20-32(31)16-28(27)10-8-26(25)14-30(29)18-34(33)22-38(37)42(45)48/h7-10,13-24H,3-6,11-12H2,1-2H3. The maximum absolute atomic E-state index is 13.1. The van der Waals surface area contributed by atoms with Gasteiger partial charge in [-0.25, -0.2) is 0 Å². The number of rotatable bonds is 6. The minimum Gasteiger partial charge on any atom is -0.274 e. The average Bonchev–Trinajstić information content (AvgIpc) is 3.48. The van der Waals surface area contributed by atoms with Crippen molar-refractivity contribution < 1.29 is 0 Å². The minimum absolute atomic E-state index is 0.201. The van der Waals surface area contributed by atoms with E-state index in [1.165, 1.54) is 9.13 Å². The van der Waals surface area contributed by atoms with Crippen molar-refractivity contribution in [3.05, 3.63) is 138 Å². The SMILES string of the molecule is CCCCn1c(=O)c2cc3cc4cc5ccc6cc7cc8cc9c(=O)n(CCCC)c(=O)c9cc8cc7cc6ccc5cc4cc3cc2c1=O. The number of unbranched alkanes of at least 4 members (excludes halogenated alkanes) is 2. The summed E-state index contributed by atoms with van der Waals surface area (Å²) < 4.78 is 2.77. The Bertz CT molecular complexity index is 2740. The van der Waals surface area contributed by atoms with Crippen LogP contribution in [0.2, 0.25) is 0 Å². The van der Waals surface area contributed by atoms with Crippen LogP contribution in [0.1, 0.15) is 39.5 Å². The summed E-state index contributed by atoms with van der Waals surface area (Å²) in [5.41, 5.74) is -0.806. The number of hydrogen-bond acceptors (Lipinski definition) is 4. The number of aromatic nitrogens is 2. The first-order valence-electron chi connectivity index (χ1n) is 17.5. The van der Waals surface area contributed by atoms with Crippen LogP contribution in [0.5, 0.6) is 0 Å². The summed E-state index contributed by atoms with van der Waals surface area (Å²) in [7, 11) is 0. The molecule has 9 rings (SSSR count). The van der Waals surface area contributed by atoms with Gasteiger partial charge in [0, 0.05) is 13.1 Å². The molecule has 0 saturated carbocycles. The van der Waals surface area contributed by atoms with Gasteiger partial charge in [-0.15, -0.1) is 0 Å². The van der Waals surface area contributed by atoms with Crippen LogP contribution >= 0.6 is 0 Å². The molecule has 0 aliphatic carbocycles. The zero-order valence-corrected chi connectivity index (χ0v) is 28.0. The number of nitrogens with zero attached hydrogens (tertiary/aromatic N) is 2. The number of fused-ring (bicyclic) bond motifs is 8. The van der Waals surface area contributed by atoms with Crippen LogP contribution in [0.15, 0.2) is 116 Å². The molecule has 0 N–H and O–H groups in total. The topological polar surface area (TPSA) is 78.1 Å². The second-order valence-corrected chi connectivity index (χ2v) is 13.7. The van der Waals surface area contributed by atoms with E-state index < -0.39 is 0 Å². The van der Waals surface area contributed by atoms with Gasteiger partial charge in [0.25, 0.3) is 22.2 Å². The molecule has 2 aromatic heterocycles. The van der Waals surface area contributed by atoms with Crippen molar-refractivity contribution in [2.75, 3.05) is 0 Å². The molecule has 0 amide bonds. The summed E-state index contributed by atoms with van der Waals surface area (Å²) in [6, 6.07) is 33.2. The third-order valence-corrected chi connectivity index (χ3v) is 10.5. The first-order valence-corrected chi connectivity index (χ1v) is 17.5. The van der Waals surface area contributed by atoms with Gasteiger partial charge in [0.05, 0.1) is 21.5 Å². The molecule has 6 nitrogen and oxygen atoms in total. The Kier molecular flexibility index (Phi) is 6.85. The van der Waals surface area contributed by atoms with Crippen molar-refractivity contribution >= 4 is 86.2 Å². The van der Waals surface area contributed by atoms with Gasteiger partial charge in [0.2, 0.25) is 0 Å². The number of hydrogen-bond donors (Lipinski definition) is 0. The van der Waals surface area contributed by atoms with Crippen molar-refractivity contribution in [3.8, 4) is 0 Å². The zero-order chi connectivity index (χ0) is 34.3. The van der Waals surface area contributed by atoms with Crippen molar-refractivity contribution in [2.24, 2.45) is 0 Å². The van der Waals surface area contributed by atoms with E-state index in [1.807, 2.05) is 24.3 Å². The van der Waals surface area contributed by atoms with E-state index in [2.05, 4.69) is 86.6 Å². The van der Waals surface area contributed by atoms with Crippen LogP contribution in [-0.2, 0) is 13.1 Å². The fraction of sp³-hybridized carbons (Fsp3) is 0.182. The van der Waals surface area contributed by atoms with Crippen LogP contribution in [-0.4, -0.2) is 9.13 Å². The van der Waals surface area contributed by atoms with Crippen molar-refractivity contribution in [1.82, 2.24) is 9.13 Å². The van der Waals surface area contributed by atoms with Crippen molar-refractivity contribution in [3.63, 3.8) is 0 Å². The highest BCUT2D eigenvalue weighted by Gasteiger charge is 2.16. The first kappa shape index (κ1) is 30.2. The molecule has 0 aliphatic rings. The molecule has 9 aromatic rings. The quantitative estimate of drug-likeness (QED) is 0.168. The molecule has 0 atom stereocenters. The molecule has 0 unspecified atom stereocenters. The lowest BCUT2D eigenvalue weighted by atomic mass is 9.97. The van der Waals surface area contributed by atoms with Crippen LogP contribution in [0.4, 0.5) is 0 Å². The van der Waals surface area contributed by atoms with Crippen LogP contribution in [0.25, 0.3) is 86.2 Å². The largest absolute Gasteiger partial charge is 0.274 e. The second-order valence-electron chi connectivity index (χ2n) is 13.7. The molecule has 0 fully saturated rings. The smallest absolute Gasteiger partial charge is 0.261 e. The highest BCUT2D eigenvalue weighted by Crippen LogP contribution is 2.32. The average molecular weight is 655 g/mol. The molecule has 6 heteroatoms. The Hall–Kier alpha value is -5.88. The monoisotopic (exact) mass is 654 g/mol. The fourth-order valence-corrected chi connectivity index (χ4v) is 7.72. The summed E-state index contributed by atoms with van der Waals surface area (Å²) in [6.45, 7) is 5.00. The Morgan fingerprint density at radius 3 is 0.800 bits per heavy atom. The van der Waals surface area contributed by atoms with Crippen LogP contribution in [0.3, 0.4) is 0 Å².